The van der Waals surface area contributed by atoms with Crippen molar-refractivity contribution in [3.8, 4) is 5.75 Å². The summed E-state index contributed by atoms with van der Waals surface area (Å²) in [6.07, 6.45) is -4.25. The lowest BCUT2D eigenvalue weighted by molar-refractivity contribution is -0.139. The molecule has 110 valence electrons. The molecule has 0 fully saturated rings. The molecule has 0 heterocycles. The van der Waals surface area contributed by atoms with E-state index in [9.17, 15) is 18.0 Å². The molecular formula is C15H17F3O2. The molecule has 0 bridgehead atoms. The van der Waals surface area contributed by atoms with Crippen LogP contribution in [0.4, 0.5) is 13.2 Å². The van der Waals surface area contributed by atoms with Crippen molar-refractivity contribution < 1.29 is 22.7 Å². The van der Waals surface area contributed by atoms with E-state index in [1.807, 2.05) is 20.8 Å². The van der Waals surface area contributed by atoms with E-state index in [0.717, 1.165) is 0 Å². The van der Waals surface area contributed by atoms with E-state index in [1.165, 1.54) is 13.2 Å². The summed E-state index contributed by atoms with van der Waals surface area (Å²) in [5, 5.41) is 0. The van der Waals surface area contributed by atoms with Crippen molar-refractivity contribution in [2.45, 2.75) is 33.4 Å². The van der Waals surface area contributed by atoms with E-state index >= 15 is 0 Å². The third-order valence-corrected chi connectivity index (χ3v) is 3.79. The highest BCUT2D eigenvalue weighted by Crippen LogP contribution is 2.46. The Morgan fingerprint density at radius 1 is 1.20 bits per heavy atom. The highest BCUT2D eigenvalue weighted by atomic mass is 19.4. The maximum Gasteiger partial charge on any atom is 0.420 e. The minimum absolute atomic E-state index is 0.211. The summed E-state index contributed by atoms with van der Waals surface area (Å²) in [6.45, 7) is 5.60. The maximum absolute atomic E-state index is 13.3. The molecule has 1 aliphatic carbocycles. The molecule has 0 spiro atoms. The molecule has 2 rings (SSSR count). The normalized spacial score (nSPS) is 19.1. The van der Waals surface area contributed by atoms with Gasteiger partial charge in [0.05, 0.1) is 7.11 Å². The summed E-state index contributed by atoms with van der Waals surface area (Å²) in [4.78, 5) is 12.4. The quantitative estimate of drug-likeness (QED) is 0.776. The van der Waals surface area contributed by atoms with Crippen LogP contribution in [0.25, 0.3) is 0 Å². The third-order valence-electron chi connectivity index (χ3n) is 3.79. The van der Waals surface area contributed by atoms with Crippen LogP contribution in [0.1, 0.15) is 42.3 Å². The second kappa shape index (κ2) is 4.50. The highest BCUT2D eigenvalue weighted by molar-refractivity contribution is 6.04. The van der Waals surface area contributed by atoms with Gasteiger partial charge in [0.2, 0.25) is 0 Å². The van der Waals surface area contributed by atoms with Gasteiger partial charge in [0.15, 0.2) is 5.78 Å². The van der Waals surface area contributed by atoms with E-state index in [2.05, 4.69) is 0 Å². The molecule has 20 heavy (non-hydrogen) atoms. The van der Waals surface area contributed by atoms with Gasteiger partial charge < -0.3 is 4.74 Å². The smallest absolute Gasteiger partial charge is 0.420 e. The van der Waals surface area contributed by atoms with E-state index in [1.54, 1.807) is 6.07 Å². The van der Waals surface area contributed by atoms with Crippen molar-refractivity contribution in [1.82, 2.24) is 0 Å². The van der Waals surface area contributed by atoms with E-state index < -0.39 is 23.4 Å². The molecular weight excluding hydrogens is 269 g/mol. The van der Waals surface area contributed by atoms with Crippen LogP contribution in [-0.4, -0.2) is 12.9 Å². The first kappa shape index (κ1) is 14.9. The number of benzene rings is 1. The van der Waals surface area contributed by atoms with Gasteiger partial charge in [-0.15, -0.1) is 0 Å². The molecule has 1 aromatic rings. The molecule has 0 aromatic heterocycles. The zero-order chi connectivity index (χ0) is 15.3. The maximum atomic E-state index is 13.3. The average molecular weight is 286 g/mol. The van der Waals surface area contributed by atoms with Gasteiger partial charge in [-0.05, 0) is 23.5 Å². The SMILES string of the molecule is COc1ccc2c(c1C(F)(F)F)C(=O)C(C(C)(C)C)C2. The lowest BCUT2D eigenvalue weighted by Crippen LogP contribution is -2.26. The number of fused-ring (bicyclic) bond motifs is 1. The van der Waals surface area contributed by atoms with Crippen molar-refractivity contribution in [1.29, 1.82) is 0 Å². The molecule has 5 heteroatoms. The van der Waals surface area contributed by atoms with Crippen molar-refractivity contribution in [3.63, 3.8) is 0 Å². The van der Waals surface area contributed by atoms with Gasteiger partial charge >= 0.3 is 6.18 Å². The van der Waals surface area contributed by atoms with Gasteiger partial charge in [-0.25, -0.2) is 0 Å². The number of alkyl halides is 3. The van der Waals surface area contributed by atoms with Crippen LogP contribution in [0.5, 0.6) is 5.75 Å². The number of ether oxygens (including phenoxy) is 1. The fraction of sp³-hybridized carbons (Fsp3) is 0.533. The predicted molar refractivity (Wildman–Crippen MR) is 69.0 cm³/mol. The van der Waals surface area contributed by atoms with Gasteiger partial charge in [0.1, 0.15) is 11.3 Å². The summed E-state index contributed by atoms with van der Waals surface area (Å²) in [7, 11) is 1.18. The number of halogens is 3. The number of hydrogen-bond acceptors (Lipinski definition) is 2. The van der Waals surface area contributed by atoms with E-state index in [0.29, 0.717) is 12.0 Å². The first-order chi connectivity index (χ1) is 9.07. The zero-order valence-corrected chi connectivity index (χ0v) is 11.9. The topological polar surface area (TPSA) is 26.3 Å². The zero-order valence-electron chi connectivity index (χ0n) is 11.9. The second-order valence-corrected chi connectivity index (χ2v) is 6.16. The molecule has 0 saturated heterocycles. The Morgan fingerprint density at radius 2 is 1.80 bits per heavy atom. The van der Waals surface area contributed by atoms with Gasteiger partial charge in [-0.1, -0.05) is 26.8 Å². The van der Waals surface area contributed by atoms with Crippen molar-refractivity contribution in [2.75, 3.05) is 7.11 Å². The van der Waals surface area contributed by atoms with Crippen molar-refractivity contribution >= 4 is 5.78 Å². The first-order valence-electron chi connectivity index (χ1n) is 6.38. The van der Waals surface area contributed by atoms with Crippen LogP contribution >= 0.6 is 0 Å². The van der Waals surface area contributed by atoms with Gasteiger partial charge in [-0.3, -0.25) is 4.79 Å². The van der Waals surface area contributed by atoms with Gasteiger partial charge in [-0.2, -0.15) is 13.2 Å². The Kier molecular flexibility index (Phi) is 3.35. The molecule has 0 aliphatic heterocycles. The number of Topliss-reactive ketones (excluding diaryl/α,β-unsaturated/α-hetero) is 1. The Bertz CT molecular complexity index is 553. The summed E-state index contributed by atoms with van der Waals surface area (Å²) in [6, 6.07) is 2.85. The molecule has 1 aromatic carbocycles. The predicted octanol–water partition coefficient (Wildman–Crippen LogP) is 4.12. The molecule has 0 N–H and O–H groups in total. The third kappa shape index (κ3) is 2.30. The fourth-order valence-electron chi connectivity index (χ4n) is 2.72. The number of methoxy groups -OCH3 is 1. The number of carbonyl (C=O) groups is 1. The fourth-order valence-corrected chi connectivity index (χ4v) is 2.72. The number of carbonyl (C=O) groups excluding carboxylic acids is 1. The van der Waals surface area contributed by atoms with Crippen LogP contribution in [-0.2, 0) is 12.6 Å². The minimum atomic E-state index is -4.60. The van der Waals surface area contributed by atoms with Crippen LogP contribution < -0.4 is 4.74 Å². The Hall–Kier alpha value is -1.52. The summed E-state index contributed by atoms with van der Waals surface area (Å²) in [5.74, 6) is -1.15. The monoisotopic (exact) mass is 286 g/mol. The lowest BCUT2D eigenvalue weighted by Gasteiger charge is -2.25. The molecule has 1 atom stereocenters. The Balaban J connectivity index is 2.65. The second-order valence-electron chi connectivity index (χ2n) is 6.16. The summed E-state index contributed by atoms with van der Waals surface area (Å²) < 4.78 is 44.6. The number of ketones is 1. The Morgan fingerprint density at radius 3 is 2.25 bits per heavy atom. The van der Waals surface area contributed by atoms with E-state index in [4.69, 9.17) is 4.74 Å². The average Bonchev–Trinajstić information content (AvgIpc) is 2.64. The molecule has 1 aliphatic rings. The first-order valence-corrected chi connectivity index (χ1v) is 6.38. The van der Waals surface area contributed by atoms with Crippen LogP contribution in [0.2, 0.25) is 0 Å². The van der Waals surface area contributed by atoms with Crippen molar-refractivity contribution in [3.05, 3.63) is 28.8 Å². The molecule has 0 saturated carbocycles. The molecule has 2 nitrogen and oxygen atoms in total. The summed E-state index contributed by atoms with van der Waals surface area (Å²) >= 11 is 0. The van der Waals surface area contributed by atoms with Crippen molar-refractivity contribution in [2.24, 2.45) is 11.3 Å². The Labute approximate surface area is 115 Å². The molecule has 0 amide bonds. The largest absolute Gasteiger partial charge is 0.496 e. The van der Waals surface area contributed by atoms with Crippen LogP contribution in [0.15, 0.2) is 12.1 Å². The van der Waals surface area contributed by atoms with Gasteiger partial charge in [0, 0.05) is 11.5 Å². The van der Waals surface area contributed by atoms with Gasteiger partial charge in [0.25, 0.3) is 0 Å². The van der Waals surface area contributed by atoms with Crippen LogP contribution in [0, 0.1) is 11.3 Å². The van der Waals surface area contributed by atoms with E-state index in [-0.39, 0.29) is 16.7 Å². The standard InChI is InChI=1S/C15H17F3O2/c1-14(2,3)9-7-8-5-6-10(20-4)12(15(16,17)18)11(8)13(9)19/h5-6,9H,7H2,1-4H3. The molecule has 0 radical (unpaired) electrons. The van der Waals surface area contributed by atoms with Crippen LogP contribution in [0.3, 0.4) is 0 Å². The number of rotatable bonds is 1. The molecule has 1 unspecified atom stereocenters. The lowest BCUT2D eigenvalue weighted by atomic mass is 9.78. The number of hydrogen-bond donors (Lipinski definition) is 0. The minimum Gasteiger partial charge on any atom is -0.496 e. The summed E-state index contributed by atoms with van der Waals surface area (Å²) in [5.41, 5.74) is -1.05. The highest BCUT2D eigenvalue weighted by Gasteiger charge is 2.46.